The molecule has 0 amide bonds. The van der Waals surface area contributed by atoms with E-state index in [0.717, 1.165) is 31.8 Å². The zero-order valence-electron chi connectivity index (χ0n) is 13.7. The molecule has 0 N–H and O–H groups in total. The minimum atomic E-state index is 0.186. The fourth-order valence-electron chi connectivity index (χ4n) is 4.04. The van der Waals surface area contributed by atoms with Gasteiger partial charge in [-0.25, -0.2) is 0 Å². The lowest BCUT2D eigenvalue weighted by molar-refractivity contribution is 0.0229. The van der Waals surface area contributed by atoms with Crippen LogP contribution in [-0.2, 0) is 4.74 Å². The molecule has 2 fully saturated rings. The lowest BCUT2D eigenvalue weighted by Gasteiger charge is -2.45. The number of hydrogen-bond donors (Lipinski definition) is 0. The summed E-state index contributed by atoms with van der Waals surface area (Å²) in [5.74, 6) is 0.906. The summed E-state index contributed by atoms with van der Waals surface area (Å²) >= 11 is 0. The molecule has 3 nitrogen and oxygen atoms in total. The van der Waals surface area contributed by atoms with E-state index < -0.39 is 0 Å². The number of nitrogens with zero attached hydrogens (tertiary/aromatic N) is 2. The Morgan fingerprint density at radius 2 is 1.85 bits per heavy atom. The highest BCUT2D eigenvalue weighted by Gasteiger charge is 2.41. The molecule has 1 heterocycles. The lowest BCUT2D eigenvalue weighted by atomic mass is 9.67. The molecule has 1 saturated carbocycles. The van der Waals surface area contributed by atoms with Crippen LogP contribution in [0.2, 0.25) is 0 Å². The van der Waals surface area contributed by atoms with Crippen molar-refractivity contribution in [2.75, 3.05) is 13.7 Å². The van der Waals surface area contributed by atoms with Crippen LogP contribution in [-0.4, -0.2) is 36.7 Å². The van der Waals surface area contributed by atoms with E-state index in [4.69, 9.17) is 4.74 Å². The molecule has 2 aliphatic rings. The van der Waals surface area contributed by atoms with Crippen molar-refractivity contribution < 1.29 is 4.74 Å². The minimum absolute atomic E-state index is 0.186. The summed E-state index contributed by atoms with van der Waals surface area (Å²) in [6.45, 7) is 10.0. The average molecular weight is 278 g/mol. The maximum absolute atomic E-state index is 9.50. The standard InChI is InChI=1S/C17H30N2O/c1-12-15(8-9-20-12)19(5)16-10-14(17(2,3)4)7-6-13(16)11-18/h12-16H,6-10H2,1-5H3. The van der Waals surface area contributed by atoms with Crippen molar-refractivity contribution in [3.8, 4) is 6.07 Å². The van der Waals surface area contributed by atoms with Crippen LogP contribution < -0.4 is 0 Å². The first-order valence-corrected chi connectivity index (χ1v) is 8.07. The van der Waals surface area contributed by atoms with Gasteiger partial charge in [0.05, 0.1) is 18.1 Å². The van der Waals surface area contributed by atoms with Gasteiger partial charge in [-0.2, -0.15) is 5.26 Å². The quantitative estimate of drug-likeness (QED) is 0.776. The molecular formula is C17H30N2O. The Kier molecular flexibility index (Phi) is 4.76. The smallest absolute Gasteiger partial charge is 0.0703 e. The third-order valence-electron chi connectivity index (χ3n) is 5.59. The first kappa shape index (κ1) is 15.8. The highest BCUT2D eigenvalue weighted by Crippen LogP contribution is 2.42. The van der Waals surface area contributed by atoms with Gasteiger partial charge >= 0.3 is 0 Å². The Morgan fingerprint density at radius 1 is 1.15 bits per heavy atom. The zero-order valence-corrected chi connectivity index (χ0v) is 13.7. The molecule has 1 saturated heterocycles. The number of rotatable bonds is 2. The maximum Gasteiger partial charge on any atom is 0.0703 e. The monoisotopic (exact) mass is 278 g/mol. The number of hydrogen-bond acceptors (Lipinski definition) is 3. The van der Waals surface area contributed by atoms with Gasteiger partial charge < -0.3 is 4.74 Å². The molecule has 0 aromatic heterocycles. The highest BCUT2D eigenvalue weighted by molar-refractivity contribution is 5.01. The summed E-state index contributed by atoms with van der Waals surface area (Å²) in [6.07, 6.45) is 4.81. The third-order valence-corrected chi connectivity index (χ3v) is 5.59. The van der Waals surface area contributed by atoms with Gasteiger partial charge in [-0.3, -0.25) is 4.90 Å². The van der Waals surface area contributed by atoms with Crippen molar-refractivity contribution in [2.24, 2.45) is 17.3 Å². The van der Waals surface area contributed by atoms with Crippen LogP contribution in [0.1, 0.15) is 53.4 Å². The molecule has 20 heavy (non-hydrogen) atoms. The van der Waals surface area contributed by atoms with Crippen molar-refractivity contribution in [1.82, 2.24) is 4.90 Å². The van der Waals surface area contributed by atoms with Gasteiger partial charge in [-0.05, 0) is 51.0 Å². The molecule has 2 rings (SSSR count). The molecule has 1 aliphatic carbocycles. The zero-order chi connectivity index (χ0) is 14.9. The summed E-state index contributed by atoms with van der Waals surface area (Å²) in [6, 6.07) is 3.44. The van der Waals surface area contributed by atoms with E-state index >= 15 is 0 Å². The Balaban J connectivity index is 2.11. The number of ether oxygens (including phenoxy) is 1. The number of likely N-dealkylation sites (N-methyl/N-ethyl adjacent to an activating group) is 1. The van der Waals surface area contributed by atoms with Crippen LogP contribution in [0.25, 0.3) is 0 Å². The van der Waals surface area contributed by atoms with Crippen molar-refractivity contribution in [3.63, 3.8) is 0 Å². The summed E-state index contributed by atoms with van der Waals surface area (Å²) in [4.78, 5) is 2.46. The second kappa shape index (κ2) is 6.03. The largest absolute Gasteiger partial charge is 0.377 e. The summed E-state index contributed by atoms with van der Waals surface area (Å²) < 4.78 is 5.72. The molecule has 5 atom stereocenters. The fourth-order valence-corrected chi connectivity index (χ4v) is 4.04. The molecular weight excluding hydrogens is 248 g/mol. The van der Waals surface area contributed by atoms with Crippen LogP contribution in [0.4, 0.5) is 0 Å². The molecule has 114 valence electrons. The lowest BCUT2D eigenvalue weighted by Crippen LogP contribution is -2.50. The molecule has 0 radical (unpaired) electrons. The Hall–Kier alpha value is -0.590. The fraction of sp³-hybridized carbons (Fsp3) is 0.941. The molecule has 5 unspecified atom stereocenters. The van der Waals surface area contributed by atoms with Gasteiger partial charge in [0, 0.05) is 18.7 Å². The van der Waals surface area contributed by atoms with Gasteiger partial charge in [-0.15, -0.1) is 0 Å². The number of nitriles is 1. The topological polar surface area (TPSA) is 36.3 Å². The van der Waals surface area contributed by atoms with Crippen molar-refractivity contribution in [2.45, 2.75) is 71.6 Å². The van der Waals surface area contributed by atoms with E-state index in [-0.39, 0.29) is 5.92 Å². The van der Waals surface area contributed by atoms with Crippen molar-refractivity contribution in [3.05, 3.63) is 0 Å². The molecule has 0 bridgehead atoms. The SMILES string of the molecule is CC1OCCC1N(C)C1CC(C(C)(C)C)CCC1C#N. The van der Waals surface area contributed by atoms with Gasteiger partial charge in [0.15, 0.2) is 0 Å². The first-order chi connectivity index (χ1) is 9.34. The third kappa shape index (κ3) is 3.18. The average Bonchev–Trinajstić information content (AvgIpc) is 2.82. The van der Waals surface area contributed by atoms with E-state index in [0.29, 0.717) is 23.6 Å². The van der Waals surface area contributed by atoms with Crippen molar-refractivity contribution >= 4 is 0 Å². The van der Waals surface area contributed by atoms with E-state index in [2.05, 4.69) is 45.7 Å². The summed E-state index contributed by atoms with van der Waals surface area (Å²) in [7, 11) is 2.20. The Morgan fingerprint density at radius 3 is 2.35 bits per heavy atom. The predicted octanol–water partition coefficient (Wildman–Crippen LogP) is 3.45. The van der Waals surface area contributed by atoms with E-state index in [1.807, 2.05) is 0 Å². The second-order valence-electron chi connectivity index (χ2n) is 7.78. The highest BCUT2D eigenvalue weighted by atomic mass is 16.5. The van der Waals surface area contributed by atoms with Gasteiger partial charge in [-0.1, -0.05) is 20.8 Å². The normalized spacial score (nSPS) is 39.0. The van der Waals surface area contributed by atoms with Crippen molar-refractivity contribution in [1.29, 1.82) is 5.26 Å². The predicted molar refractivity (Wildman–Crippen MR) is 81.3 cm³/mol. The minimum Gasteiger partial charge on any atom is -0.377 e. The van der Waals surface area contributed by atoms with E-state index in [1.165, 1.54) is 6.42 Å². The molecule has 0 aromatic rings. The maximum atomic E-state index is 9.50. The first-order valence-electron chi connectivity index (χ1n) is 8.07. The summed E-state index contributed by atoms with van der Waals surface area (Å²) in [5.41, 5.74) is 0.345. The molecule has 0 aromatic carbocycles. The van der Waals surface area contributed by atoms with Crippen LogP contribution in [0.5, 0.6) is 0 Å². The molecule has 3 heteroatoms. The Bertz CT molecular complexity index is 368. The van der Waals surface area contributed by atoms with Gasteiger partial charge in [0.1, 0.15) is 0 Å². The van der Waals surface area contributed by atoms with E-state index in [9.17, 15) is 5.26 Å². The Labute approximate surface area is 124 Å². The second-order valence-corrected chi connectivity index (χ2v) is 7.78. The van der Waals surface area contributed by atoms with Gasteiger partial charge in [0.25, 0.3) is 0 Å². The molecule has 0 spiro atoms. The summed E-state index contributed by atoms with van der Waals surface area (Å²) in [5, 5.41) is 9.50. The van der Waals surface area contributed by atoms with Crippen LogP contribution >= 0.6 is 0 Å². The van der Waals surface area contributed by atoms with E-state index in [1.54, 1.807) is 0 Å². The van der Waals surface area contributed by atoms with Crippen LogP contribution in [0, 0.1) is 28.6 Å². The van der Waals surface area contributed by atoms with Crippen LogP contribution in [0.3, 0.4) is 0 Å². The molecule has 1 aliphatic heterocycles. The van der Waals surface area contributed by atoms with Crippen LogP contribution in [0.15, 0.2) is 0 Å². The van der Waals surface area contributed by atoms with Gasteiger partial charge in [0.2, 0.25) is 0 Å².